The summed E-state index contributed by atoms with van der Waals surface area (Å²) in [7, 11) is 2.93. The highest BCUT2D eigenvalue weighted by atomic mass is 16.5. The van der Waals surface area contributed by atoms with Crippen molar-refractivity contribution in [3.8, 4) is 5.75 Å². The van der Waals surface area contributed by atoms with Crippen molar-refractivity contribution in [3.05, 3.63) is 83.7 Å². The van der Waals surface area contributed by atoms with Crippen LogP contribution in [0.1, 0.15) is 26.3 Å². The van der Waals surface area contributed by atoms with Crippen molar-refractivity contribution in [2.45, 2.75) is 6.54 Å². The lowest BCUT2D eigenvalue weighted by Crippen LogP contribution is -2.23. The molecule has 0 spiro atoms. The van der Waals surface area contributed by atoms with Gasteiger partial charge in [0.05, 0.1) is 42.9 Å². The fourth-order valence-electron chi connectivity index (χ4n) is 2.70. The molecular weight excluding hydrogens is 370 g/mol. The fraction of sp³-hybridized carbons (Fsp3) is 0.136. The van der Waals surface area contributed by atoms with Gasteiger partial charge < -0.3 is 20.1 Å². The van der Waals surface area contributed by atoms with Crippen LogP contribution in [0, 0.1) is 0 Å². The Morgan fingerprint density at radius 3 is 2.48 bits per heavy atom. The van der Waals surface area contributed by atoms with E-state index in [1.807, 2.05) is 24.3 Å². The van der Waals surface area contributed by atoms with E-state index in [2.05, 4.69) is 15.6 Å². The molecule has 0 aliphatic carbocycles. The number of hydrogen-bond donors (Lipinski definition) is 2. The normalized spacial score (nSPS) is 10.1. The Morgan fingerprint density at radius 2 is 1.76 bits per heavy atom. The molecule has 29 heavy (non-hydrogen) atoms. The van der Waals surface area contributed by atoms with E-state index in [0.717, 1.165) is 11.3 Å². The lowest BCUT2D eigenvalue weighted by molar-refractivity contribution is 0.0601. The summed E-state index contributed by atoms with van der Waals surface area (Å²) in [6.45, 7) is 0.381. The molecule has 0 atom stereocenters. The first-order valence-corrected chi connectivity index (χ1v) is 8.91. The van der Waals surface area contributed by atoms with Crippen molar-refractivity contribution in [2.75, 3.05) is 19.5 Å². The Hall–Kier alpha value is -3.87. The minimum atomic E-state index is -0.450. The number of carbonyl (C=O) groups excluding carboxylic acids is 2. The number of methoxy groups -OCH3 is 2. The second-order valence-electron chi connectivity index (χ2n) is 6.16. The Morgan fingerprint density at radius 1 is 1.00 bits per heavy atom. The lowest BCUT2D eigenvalue weighted by atomic mass is 10.1. The van der Waals surface area contributed by atoms with Crippen LogP contribution in [-0.2, 0) is 11.3 Å². The second-order valence-corrected chi connectivity index (χ2v) is 6.16. The molecule has 1 amide bonds. The maximum atomic E-state index is 12.5. The maximum Gasteiger partial charge on any atom is 0.339 e. The number of anilines is 2. The third kappa shape index (κ3) is 5.10. The lowest BCUT2D eigenvalue weighted by Gasteiger charge is -2.11. The maximum absolute atomic E-state index is 12.5. The number of benzene rings is 2. The summed E-state index contributed by atoms with van der Waals surface area (Å²) in [6, 6.07) is 16.1. The highest BCUT2D eigenvalue weighted by Gasteiger charge is 2.12. The van der Waals surface area contributed by atoms with Crippen LogP contribution >= 0.6 is 0 Å². The topological polar surface area (TPSA) is 89.5 Å². The predicted molar refractivity (Wildman–Crippen MR) is 109 cm³/mol. The van der Waals surface area contributed by atoms with E-state index < -0.39 is 5.97 Å². The van der Waals surface area contributed by atoms with E-state index in [1.165, 1.54) is 13.3 Å². The van der Waals surface area contributed by atoms with Gasteiger partial charge in [0.2, 0.25) is 0 Å². The zero-order valence-electron chi connectivity index (χ0n) is 16.1. The molecule has 0 bridgehead atoms. The van der Waals surface area contributed by atoms with E-state index in [1.54, 1.807) is 43.6 Å². The third-order valence-corrected chi connectivity index (χ3v) is 4.22. The minimum Gasteiger partial charge on any atom is -0.497 e. The summed E-state index contributed by atoms with van der Waals surface area (Å²) in [5.41, 5.74) is 2.90. The molecule has 0 unspecified atom stereocenters. The van der Waals surface area contributed by atoms with E-state index in [9.17, 15) is 9.59 Å². The standard InChI is InChI=1S/C22H21N3O4/c1-28-18-9-7-15(8-10-18)12-24-21(26)16-11-17(14-23-13-16)25-20-6-4-3-5-19(20)22(27)29-2/h3-11,13-14,25H,12H2,1-2H3,(H,24,26). The SMILES string of the molecule is COC(=O)c1ccccc1Nc1cncc(C(=O)NCc2ccc(OC)cc2)c1. The Balaban J connectivity index is 1.69. The summed E-state index contributed by atoms with van der Waals surface area (Å²) < 4.78 is 9.92. The molecule has 148 valence electrons. The van der Waals surface area contributed by atoms with E-state index >= 15 is 0 Å². The Labute approximate surface area is 168 Å². The Kier molecular flexibility index (Phi) is 6.42. The zero-order valence-corrected chi connectivity index (χ0v) is 16.1. The van der Waals surface area contributed by atoms with Crippen LogP contribution < -0.4 is 15.4 Å². The van der Waals surface area contributed by atoms with Gasteiger partial charge in [-0.25, -0.2) is 4.79 Å². The number of aromatic nitrogens is 1. The second kappa shape index (κ2) is 9.36. The molecular formula is C22H21N3O4. The fourth-order valence-corrected chi connectivity index (χ4v) is 2.70. The summed E-state index contributed by atoms with van der Waals surface area (Å²) in [4.78, 5) is 28.5. The molecule has 0 saturated heterocycles. The van der Waals surface area contributed by atoms with Gasteiger partial charge >= 0.3 is 5.97 Å². The summed E-state index contributed by atoms with van der Waals surface area (Å²) in [5, 5.41) is 5.97. The van der Waals surface area contributed by atoms with Crippen LogP contribution in [0.15, 0.2) is 67.0 Å². The number of carbonyl (C=O) groups is 2. The van der Waals surface area contributed by atoms with E-state index in [0.29, 0.717) is 29.0 Å². The quantitative estimate of drug-likeness (QED) is 0.599. The van der Waals surface area contributed by atoms with Crippen molar-refractivity contribution in [3.63, 3.8) is 0 Å². The van der Waals surface area contributed by atoms with Gasteiger partial charge in [-0.15, -0.1) is 0 Å². The van der Waals surface area contributed by atoms with Gasteiger partial charge in [-0.3, -0.25) is 9.78 Å². The minimum absolute atomic E-state index is 0.252. The molecule has 7 nitrogen and oxygen atoms in total. The number of hydrogen-bond acceptors (Lipinski definition) is 6. The van der Waals surface area contributed by atoms with Gasteiger partial charge in [-0.05, 0) is 35.9 Å². The first-order valence-electron chi connectivity index (χ1n) is 8.91. The predicted octanol–water partition coefficient (Wildman–Crippen LogP) is 3.55. The molecule has 0 aliphatic rings. The van der Waals surface area contributed by atoms with Gasteiger partial charge in [-0.2, -0.15) is 0 Å². The molecule has 7 heteroatoms. The first kappa shape index (κ1) is 19.9. The van der Waals surface area contributed by atoms with Crippen LogP contribution in [0.2, 0.25) is 0 Å². The number of pyridine rings is 1. The van der Waals surface area contributed by atoms with Crippen LogP contribution in [0.3, 0.4) is 0 Å². The van der Waals surface area contributed by atoms with Crippen molar-refractivity contribution in [1.82, 2.24) is 10.3 Å². The van der Waals surface area contributed by atoms with Gasteiger partial charge in [0.15, 0.2) is 0 Å². The molecule has 2 aromatic carbocycles. The third-order valence-electron chi connectivity index (χ3n) is 4.22. The smallest absolute Gasteiger partial charge is 0.339 e. The van der Waals surface area contributed by atoms with E-state index in [-0.39, 0.29) is 5.91 Å². The number of nitrogens with one attached hydrogen (secondary N) is 2. The van der Waals surface area contributed by atoms with Gasteiger partial charge in [0.25, 0.3) is 5.91 Å². The molecule has 1 heterocycles. The molecule has 0 fully saturated rings. The molecule has 0 saturated carbocycles. The number of ether oxygens (including phenoxy) is 2. The van der Waals surface area contributed by atoms with Crippen molar-refractivity contribution >= 4 is 23.3 Å². The largest absolute Gasteiger partial charge is 0.497 e. The average Bonchev–Trinajstić information content (AvgIpc) is 2.78. The molecule has 3 rings (SSSR count). The summed E-state index contributed by atoms with van der Waals surface area (Å²) in [5.74, 6) is 0.0583. The average molecular weight is 391 g/mol. The molecule has 0 radical (unpaired) electrons. The highest BCUT2D eigenvalue weighted by Crippen LogP contribution is 2.21. The molecule has 3 aromatic rings. The Bertz CT molecular complexity index is 1000. The van der Waals surface area contributed by atoms with Gasteiger partial charge in [0, 0.05) is 12.7 Å². The van der Waals surface area contributed by atoms with Gasteiger partial charge in [0.1, 0.15) is 5.75 Å². The van der Waals surface area contributed by atoms with Crippen molar-refractivity contribution in [1.29, 1.82) is 0 Å². The van der Waals surface area contributed by atoms with Crippen LogP contribution in [0.25, 0.3) is 0 Å². The number of amides is 1. The van der Waals surface area contributed by atoms with Crippen LogP contribution in [-0.4, -0.2) is 31.1 Å². The summed E-state index contributed by atoms with van der Waals surface area (Å²) >= 11 is 0. The first-order chi connectivity index (χ1) is 14.1. The van der Waals surface area contributed by atoms with Crippen LogP contribution in [0.5, 0.6) is 5.75 Å². The molecule has 2 N–H and O–H groups in total. The number of rotatable bonds is 7. The van der Waals surface area contributed by atoms with Crippen molar-refractivity contribution in [2.24, 2.45) is 0 Å². The van der Waals surface area contributed by atoms with Crippen molar-refractivity contribution < 1.29 is 19.1 Å². The highest BCUT2D eigenvalue weighted by molar-refractivity contribution is 5.97. The number of esters is 1. The molecule has 1 aromatic heterocycles. The number of nitrogens with zero attached hydrogens (tertiary/aromatic N) is 1. The van der Waals surface area contributed by atoms with Gasteiger partial charge in [-0.1, -0.05) is 24.3 Å². The van der Waals surface area contributed by atoms with Crippen LogP contribution in [0.4, 0.5) is 11.4 Å². The van der Waals surface area contributed by atoms with E-state index in [4.69, 9.17) is 9.47 Å². The molecule has 0 aliphatic heterocycles. The zero-order chi connectivity index (χ0) is 20.6. The summed E-state index contributed by atoms with van der Waals surface area (Å²) in [6.07, 6.45) is 3.06. The number of para-hydroxylation sites is 1. The monoisotopic (exact) mass is 391 g/mol.